The van der Waals surface area contributed by atoms with Crippen LogP contribution in [-0.4, -0.2) is 40.5 Å². The largest absolute Gasteiger partial charge is 0.390 e. The van der Waals surface area contributed by atoms with Gasteiger partial charge in [0, 0.05) is 6.54 Å². The molecule has 19 heavy (non-hydrogen) atoms. The molecule has 0 bridgehead atoms. The van der Waals surface area contributed by atoms with E-state index in [-0.39, 0.29) is 5.91 Å². The first-order chi connectivity index (χ1) is 9.09. The Morgan fingerprint density at radius 2 is 2.05 bits per heavy atom. The van der Waals surface area contributed by atoms with Gasteiger partial charge in [0.15, 0.2) is 0 Å². The van der Waals surface area contributed by atoms with E-state index in [9.17, 15) is 14.7 Å². The summed E-state index contributed by atoms with van der Waals surface area (Å²) in [5, 5.41) is 9.66. The Morgan fingerprint density at radius 3 is 2.68 bits per heavy atom. The Labute approximate surface area is 112 Å². The number of rotatable bonds is 4. The van der Waals surface area contributed by atoms with Crippen LogP contribution in [0.5, 0.6) is 0 Å². The first-order valence-electron chi connectivity index (χ1n) is 6.24. The second-order valence-electron chi connectivity index (χ2n) is 4.63. The van der Waals surface area contributed by atoms with Crippen LogP contribution in [0.1, 0.15) is 12.0 Å². The predicted molar refractivity (Wildman–Crippen MR) is 69.8 cm³/mol. The lowest BCUT2D eigenvalue weighted by atomic mass is 10.1. The van der Waals surface area contributed by atoms with Gasteiger partial charge < -0.3 is 15.7 Å². The smallest absolute Gasteiger partial charge is 0.242 e. The number of nitrogens with two attached hydrogens (primary N) is 1. The molecule has 1 radical (unpaired) electrons. The average Bonchev–Trinajstić information content (AvgIpc) is 2.79. The van der Waals surface area contributed by atoms with Crippen molar-refractivity contribution in [3.05, 3.63) is 42.3 Å². The topological polar surface area (TPSA) is 83.6 Å². The molecule has 2 unspecified atom stereocenters. The maximum Gasteiger partial charge on any atom is 0.242 e. The number of hydrogen-bond acceptors (Lipinski definition) is 3. The minimum atomic E-state index is -0.903. The number of aliphatic hydroxyl groups excluding tert-OH is 1. The standard InChI is InChI=1S/C14H17N2O3/c15-14(19)13-11(17)8-9-16(13)12(18)7-6-10-4-2-1-3-5-10/h1-5,7,11,13,17H,6,8-9H2,(H2,15,19). The third-order valence-corrected chi connectivity index (χ3v) is 3.30. The molecule has 3 N–H and O–H groups in total. The molecule has 2 atom stereocenters. The maximum atomic E-state index is 12.0. The van der Waals surface area contributed by atoms with Gasteiger partial charge in [-0.15, -0.1) is 0 Å². The fourth-order valence-corrected chi connectivity index (χ4v) is 2.30. The van der Waals surface area contributed by atoms with Crippen LogP contribution in [0.15, 0.2) is 30.3 Å². The summed E-state index contributed by atoms with van der Waals surface area (Å²) in [5.41, 5.74) is 6.24. The van der Waals surface area contributed by atoms with Crippen molar-refractivity contribution >= 4 is 11.8 Å². The monoisotopic (exact) mass is 261 g/mol. The lowest BCUT2D eigenvalue weighted by molar-refractivity contribution is -0.136. The fourth-order valence-electron chi connectivity index (χ4n) is 2.30. The molecule has 1 aromatic carbocycles. The van der Waals surface area contributed by atoms with Gasteiger partial charge in [0.05, 0.1) is 12.5 Å². The molecular weight excluding hydrogens is 244 g/mol. The van der Waals surface area contributed by atoms with E-state index in [0.717, 1.165) is 5.56 Å². The van der Waals surface area contributed by atoms with Crippen molar-refractivity contribution in [2.45, 2.75) is 25.0 Å². The molecule has 2 amide bonds. The quantitative estimate of drug-likeness (QED) is 0.792. The normalized spacial score (nSPS) is 22.5. The van der Waals surface area contributed by atoms with E-state index in [1.165, 1.54) is 11.3 Å². The van der Waals surface area contributed by atoms with E-state index < -0.39 is 18.1 Å². The Morgan fingerprint density at radius 1 is 1.37 bits per heavy atom. The van der Waals surface area contributed by atoms with Crippen LogP contribution in [-0.2, 0) is 16.0 Å². The minimum Gasteiger partial charge on any atom is -0.390 e. The Bertz CT molecular complexity index is 461. The van der Waals surface area contributed by atoms with Crippen LogP contribution in [0.3, 0.4) is 0 Å². The Balaban J connectivity index is 1.95. The van der Waals surface area contributed by atoms with Gasteiger partial charge in [0.2, 0.25) is 11.8 Å². The number of nitrogens with zero attached hydrogens (tertiary/aromatic N) is 1. The first kappa shape index (κ1) is 13.5. The minimum absolute atomic E-state index is 0.260. The number of carbonyl (C=O) groups is 2. The molecular formula is C14H17N2O3. The molecule has 0 aliphatic carbocycles. The molecule has 1 aromatic rings. The maximum absolute atomic E-state index is 12.0. The summed E-state index contributed by atoms with van der Waals surface area (Å²) >= 11 is 0. The Kier molecular flexibility index (Phi) is 4.16. The number of primary amides is 1. The van der Waals surface area contributed by atoms with Crippen LogP contribution in [0.25, 0.3) is 0 Å². The zero-order chi connectivity index (χ0) is 13.8. The highest BCUT2D eigenvalue weighted by Crippen LogP contribution is 2.19. The summed E-state index contributed by atoms with van der Waals surface area (Å²) in [5.74, 6) is -0.921. The van der Waals surface area contributed by atoms with Gasteiger partial charge >= 0.3 is 0 Å². The van der Waals surface area contributed by atoms with Crippen molar-refractivity contribution in [1.82, 2.24) is 4.90 Å². The summed E-state index contributed by atoms with van der Waals surface area (Å²) in [7, 11) is 0. The van der Waals surface area contributed by atoms with Gasteiger partial charge in [0.1, 0.15) is 6.04 Å². The lowest BCUT2D eigenvalue weighted by Gasteiger charge is -2.23. The number of amides is 2. The predicted octanol–water partition coefficient (Wildman–Crippen LogP) is -0.120. The Hall–Kier alpha value is -1.88. The van der Waals surface area contributed by atoms with Crippen molar-refractivity contribution in [2.75, 3.05) is 6.54 Å². The summed E-state index contributed by atoms with van der Waals surface area (Å²) in [6.07, 6.45) is 1.55. The summed E-state index contributed by atoms with van der Waals surface area (Å²) in [6.45, 7) is 0.360. The van der Waals surface area contributed by atoms with Gasteiger partial charge in [0.25, 0.3) is 0 Å². The van der Waals surface area contributed by atoms with E-state index in [1.54, 1.807) is 0 Å². The summed E-state index contributed by atoms with van der Waals surface area (Å²) in [6, 6.07) is 8.66. The number of carbonyl (C=O) groups excluding carboxylic acids is 2. The molecule has 1 aliphatic heterocycles. The number of likely N-dealkylation sites (tertiary alicyclic amines) is 1. The molecule has 0 aromatic heterocycles. The first-order valence-corrected chi connectivity index (χ1v) is 6.24. The molecule has 1 saturated heterocycles. The van der Waals surface area contributed by atoms with Crippen LogP contribution < -0.4 is 5.73 Å². The number of hydrogen-bond donors (Lipinski definition) is 2. The second-order valence-corrected chi connectivity index (χ2v) is 4.63. The molecule has 0 spiro atoms. The van der Waals surface area contributed by atoms with Gasteiger partial charge in [-0.3, -0.25) is 9.59 Å². The highest BCUT2D eigenvalue weighted by Gasteiger charge is 2.39. The lowest BCUT2D eigenvalue weighted by Crippen LogP contribution is -2.48. The fraction of sp³-hybridized carbons (Fsp3) is 0.357. The highest BCUT2D eigenvalue weighted by molar-refractivity contribution is 5.91. The van der Waals surface area contributed by atoms with E-state index in [4.69, 9.17) is 5.73 Å². The van der Waals surface area contributed by atoms with Crippen molar-refractivity contribution in [2.24, 2.45) is 5.73 Å². The van der Waals surface area contributed by atoms with E-state index in [0.29, 0.717) is 19.4 Å². The van der Waals surface area contributed by atoms with Crippen molar-refractivity contribution in [3.8, 4) is 0 Å². The third kappa shape index (κ3) is 3.12. The summed E-state index contributed by atoms with van der Waals surface area (Å²) < 4.78 is 0. The van der Waals surface area contributed by atoms with E-state index in [2.05, 4.69) is 0 Å². The molecule has 2 rings (SSSR count). The van der Waals surface area contributed by atoms with Gasteiger partial charge in [-0.1, -0.05) is 30.3 Å². The van der Waals surface area contributed by atoms with E-state index in [1.807, 2.05) is 30.3 Å². The second kappa shape index (κ2) is 5.84. The van der Waals surface area contributed by atoms with Gasteiger partial charge in [-0.25, -0.2) is 0 Å². The van der Waals surface area contributed by atoms with Crippen molar-refractivity contribution in [1.29, 1.82) is 0 Å². The van der Waals surface area contributed by atoms with Crippen LogP contribution in [0, 0.1) is 6.42 Å². The van der Waals surface area contributed by atoms with Gasteiger partial charge in [-0.05, 0) is 18.4 Å². The molecule has 1 aliphatic rings. The SMILES string of the molecule is NC(=O)C1C(O)CCN1C(=O)[CH]Cc1ccccc1. The summed E-state index contributed by atoms with van der Waals surface area (Å²) in [4.78, 5) is 24.6. The van der Waals surface area contributed by atoms with Gasteiger partial charge in [-0.2, -0.15) is 0 Å². The van der Waals surface area contributed by atoms with Crippen LogP contribution >= 0.6 is 0 Å². The molecule has 101 valence electrons. The van der Waals surface area contributed by atoms with Crippen molar-refractivity contribution < 1.29 is 14.7 Å². The third-order valence-electron chi connectivity index (χ3n) is 3.30. The zero-order valence-electron chi connectivity index (χ0n) is 10.5. The molecule has 5 heteroatoms. The molecule has 5 nitrogen and oxygen atoms in total. The number of aliphatic hydroxyl groups is 1. The molecule has 0 saturated carbocycles. The van der Waals surface area contributed by atoms with Crippen LogP contribution in [0.2, 0.25) is 0 Å². The number of benzene rings is 1. The zero-order valence-corrected chi connectivity index (χ0v) is 10.5. The molecule has 1 heterocycles. The van der Waals surface area contributed by atoms with E-state index >= 15 is 0 Å². The van der Waals surface area contributed by atoms with Crippen molar-refractivity contribution in [3.63, 3.8) is 0 Å². The highest BCUT2D eigenvalue weighted by atomic mass is 16.3. The van der Waals surface area contributed by atoms with Crippen LogP contribution in [0.4, 0.5) is 0 Å². The molecule has 1 fully saturated rings. The average molecular weight is 261 g/mol.